The number of hydrogen-bond acceptors (Lipinski definition) is 8. The van der Waals surface area contributed by atoms with Crippen molar-refractivity contribution in [3.05, 3.63) is 0 Å². The smallest absolute Gasteiger partial charge is 0.846 e. The molecule has 0 aliphatic carbocycles. The summed E-state index contributed by atoms with van der Waals surface area (Å²) in [6.07, 6.45) is 0. The van der Waals surface area contributed by atoms with Gasteiger partial charge >= 0.3 is 34.7 Å². The van der Waals surface area contributed by atoms with E-state index in [9.17, 15) is 20.4 Å². The zero-order valence-corrected chi connectivity index (χ0v) is 33.1. The van der Waals surface area contributed by atoms with Crippen molar-refractivity contribution in [3.63, 3.8) is 0 Å². The summed E-state index contributed by atoms with van der Waals surface area (Å²) in [6, 6.07) is 0.919. The van der Waals surface area contributed by atoms with Crippen LogP contribution in [0.3, 0.4) is 0 Å². The first-order chi connectivity index (χ1) is 17.3. The first-order valence-electron chi connectivity index (χ1n) is 14.4. The van der Waals surface area contributed by atoms with Gasteiger partial charge in [0.25, 0.3) is 0 Å². The molecule has 0 aromatic heterocycles. The molecule has 0 saturated carbocycles. The molecule has 0 aromatic rings. The maximum atomic E-state index is 11.2. The van der Waals surface area contributed by atoms with Crippen molar-refractivity contribution in [2.45, 2.75) is 185 Å². The molecule has 0 unspecified atom stereocenters. The van der Waals surface area contributed by atoms with E-state index in [2.05, 4.69) is 20.0 Å². The fraction of sp³-hybridized carbons (Fsp3) is 0.875. The largest absolute Gasteiger partial charge is 2.00 e. The number of rotatable bonds is 8. The van der Waals surface area contributed by atoms with Crippen molar-refractivity contribution in [3.8, 4) is 0 Å². The Labute approximate surface area is 282 Å². The molecule has 0 aromatic carbocycles. The van der Waals surface area contributed by atoms with Gasteiger partial charge in [0.2, 0.25) is 0 Å². The Morgan fingerprint density at radius 1 is 0.357 bits per heavy atom. The Morgan fingerprint density at radius 3 is 0.476 bits per heavy atom. The van der Waals surface area contributed by atoms with E-state index in [-0.39, 0.29) is 58.9 Å². The van der Waals surface area contributed by atoms with Crippen LogP contribution in [0, 0.1) is 0 Å². The Balaban J connectivity index is -0.000000101. The summed E-state index contributed by atoms with van der Waals surface area (Å²) in [5.74, 6) is 0. The Hall–Kier alpha value is -0.415. The van der Waals surface area contributed by atoms with E-state index in [4.69, 9.17) is 0 Å². The van der Waals surface area contributed by atoms with Gasteiger partial charge in [-0.2, -0.15) is 0 Å². The minimum Gasteiger partial charge on any atom is -0.846 e. The van der Waals surface area contributed by atoms with Gasteiger partial charge in [-0.15, -0.1) is 0 Å². The predicted octanol–water partition coefficient (Wildman–Crippen LogP) is 3.97. The average Bonchev–Trinajstić information content (AvgIpc) is 2.64. The third kappa shape index (κ3) is 37.6. The summed E-state index contributed by atoms with van der Waals surface area (Å²) >= 11 is 0. The molecule has 248 valence electrons. The molecule has 0 bridgehead atoms. The van der Waals surface area contributed by atoms with Crippen LogP contribution in [-0.4, -0.2) is 69.4 Å². The molecule has 0 saturated heterocycles. The molecule has 42 heavy (non-hydrogen) atoms. The second-order valence-corrected chi connectivity index (χ2v) is 13.3. The van der Waals surface area contributed by atoms with Crippen molar-refractivity contribution in [2.75, 3.05) is 0 Å². The van der Waals surface area contributed by atoms with E-state index in [1.807, 2.05) is 55.4 Å². The molecule has 0 aliphatic heterocycles. The van der Waals surface area contributed by atoms with Crippen LogP contribution in [0.4, 0.5) is 0 Å². The fourth-order valence-electron chi connectivity index (χ4n) is 2.17. The Morgan fingerprint density at radius 2 is 0.452 bits per heavy atom. The minimum atomic E-state index is -1.01. The normalized spacial score (nSPS) is 13.8. The Bertz CT molecular complexity index is 670. The summed E-state index contributed by atoms with van der Waals surface area (Å²) in [7, 11) is 0. The molecule has 0 heterocycles. The van der Waals surface area contributed by atoms with Crippen LogP contribution in [0.5, 0.6) is 0 Å². The second-order valence-electron chi connectivity index (χ2n) is 13.3. The molecule has 0 radical (unpaired) electrons. The summed E-state index contributed by atoms with van der Waals surface area (Å²) in [5, 5.41) is 44.8. The van der Waals surface area contributed by atoms with Crippen molar-refractivity contribution >= 4 is 22.8 Å². The zero-order chi connectivity index (χ0) is 33.4. The average molecular weight is 673 g/mol. The minimum absolute atomic E-state index is 0. The van der Waals surface area contributed by atoms with Crippen molar-refractivity contribution in [1.82, 2.24) is 0 Å². The first kappa shape index (κ1) is 54.1. The molecule has 0 rings (SSSR count). The maximum absolute atomic E-state index is 11.2. The van der Waals surface area contributed by atoms with Crippen LogP contribution in [-0.2, 0) is 34.7 Å². The molecule has 0 amide bonds. The molecule has 8 nitrogen and oxygen atoms in total. The SMILES string of the molecule is CC(=NC(C)C)C(C)(C)[O-].CC(=NC(C)C)C(C)(C)[O-].CC(=NC(C)C)C(C)(C)[O-].CC(=NC(C)C)C(C)(C)[O-].[Cr+2].[Cr+2]. The third-order valence-electron chi connectivity index (χ3n) is 5.29. The topological polar surface area (TPSA) is 142 Å². The van der Waals surface area contributed by atoms with Gasteiger partial charge in [-0.1, -0.05) is 77.8 Å². The van der Waals surface area contributed by atoms with E-state index >= 15 is 0 Å². The molecule has 10 heteroatoms. The van der Waals surface area contributed by atoms with Crippen LogP contribution < -0.4 is 20.4 Å². The van der Waals surface area contributed by atoms with Gasteiger partial charge < -0.3 is 20.4 Å². The maximum Gasteiger partial charge on any atom is 2.00 e. The number of hydrogen-bond donors (Lipinski definition) is 0. The fourth-order valence-corrected chi connectivity index (χ4v) is 2.17. The quantitative estimate of drug-likeness (QED) is 0.360. The van der Waals surface area contributed by atoms with E-state index < -0.39 is 22.4 Å². The number of nitrogens with zero attached hydrogens (tertiary/aromatic N) is 4. The summed E-state index contributed by atoms with van der Waals surface area (Å²) in [6.45, 7) is 35.9. The van der Waals surface area contributed by atoms with Gasteiger partial charge in [-0.25, -0.2) is 0 Å². The molecule has 0 spiro atoms. The van der Waals surface area contributed by atoms with Crippen LogP contribution in [0.1, 0.15) is 138 Å². The monoisotopic (exact) mass is 672 g/mol. The van der Waals surface area contributed by atoms with Crippen LogP contribution in [0.15, 0.2) is 20.0 Å². The molecule has 0 aliphatic rings. The van der Waals surface area contributed by atoms with Gasteiger partial charge in [0.15, 0.2) is 0 Å². The molecule has 0 fully saturated rings. The van der Waals surface area contributed by atoms with E-state index in [1.54, 1.807) is 83.1 Å². The van der Waals surface area contributed by atoms with Gasteiger partial charge in [0.05, 0.1) is 0 Å². The van der Waals surface area contributed by atoms with E-state index in [0.717, 1.165) is 0 Å². The Kier molecular flexibility index (Phi) is 30.8. The molecular weight excluding hydrogens is 608 g/mol. The van der Waals surface area contributed by atoms with Crippen molar-refractivity contribution in [1.29, 1.82) is 0 Å². The third-order valence-corrected chi connectivity index (χ3v) is 5.29. The summed E-state index contributed by atoms with van der Waals surface area (Å²) in [5.41, 5.74) is -1.31. The molecule has 0 N–H and O–H groups in total. The van der Waals surface area contributed by atoms with E-state index in [0.29, 0.717) is 22.8 Å². The van der Waals surface area contributed by atoms with Gasteiger partial charge in [0.1, 0.15) is 0 Å². The van der Waals surface area contributed by atoms with Crippen molar-refractivity contribution in [2.24, 2.45) is 20.0 Å². The van der Waals surface area contributed by atoms with Crippen LogP contribution >= 0.6 is 0 Å². The van der Waals surface area contributed by atoms with Gasteiger partial charge in [-0.05, 0) is 106 Å². The standard InChI is InChI=1S/4C8H16NO.2Cr/c4*1-6(2)9-7(3)8(4,5)10;;/h4*6H,1-5H3;;/q4*-1;2*+2. The molecular formula is C32H64Cr2N4O4. The van der Waals surface area contributed by atoms with Crippen LogP contribution in [0.25, 0.3) is 0 Å². The molecule has 0 atom stereocenters. The second kappa shape index (κ2) is 23.9. The summed E-state index contributed by atoms with van der Waals surface area (Å²) < 4.78 is 0. The van der Waals surface area contributed by atoms with Gasteiger partial charge in [0, 0.05) is 24.2 Å². The van der Waals surface area contributed by atoms with Crippen LogP contribution in [0.2, 0.25) is 0 Å². The van der Waals surface area contributed by atoms with Gasteiger partial charge in [-0.3, -0.25) is 20.0 Å². The number of aliphatic imine (C=N–C) groups is 4. The summed E-state index contributed by atoms with van der Waals surface area (Å²) in [4.78, 5) is 16.6. The predicted molar refractivity (Wildman–Crippen MR) is 169 cm³/mol. The first-order valence-corrected chi connectivity index (χ1v) is 14.4. The van der Waals surface area contributed by atoms with E-state index in [1.165, 1.54) is 0 Å². The van der Waals surface area contributed by atoms with Crippen molar-refractivity contribution < 1.29 is 55.1 Å². The zero-order valence-electron chi connectivity index (χ0n) is 30.5.